The molecular formula is C28H37N5O2. The van der Waals surface area contributed by atoms with Crippen LogP contribution in [0.4, 0.5) is 5.82 Å². The number of rotatable bonds is 7. The summed E-state index contributed by atoms with van der Waals surface area (Å²) in [6.45, 7) is 12.0. The van der Waals surface area contributed by atoms with E-state index in [1.165, 1.54) is 29.9 Å². The van der Waals surface area contributed by atoms with Crippen molar-refractivity contribution >= 4 is 17.6 Å². The summed E-state index contributed by atoms with van der Waals surface area (Å²) in [6.07, 6.45) is 5.60. The predicted octanol–water partition coefficient (Wildman–Crippen LogP) is 4.24. The number of hydrogen-bond acceptors (Lipinski definition) is 6. The molecule has 1 aromatic heterocycles. The van der Waals surface area contributed by atoms with Gasteiger partial charge in [0, 0.05) is 55.8 Å². The minimum atomic E-state index is -0.153. The van der Waals surface area contributed by atoms with Crippen LogP contribution in [-0.4, -0.2) is 70.9 Å². The van der Waals surface area contributed by atoms with Gasteiger partial charge in [-0.1, -0.05) is 39.3 Å². The molecule has 2 amide bonds. The van der Waals surface area contributed by atoms with E-state index in [2.05, 4.69) is 36.6 Å². The largest absolute Gasteiger partial charge is 0.354 e. The number of carbonyl (C=O) groups is 2. The molecule has 1 saturated heterocycles. The van der Waals surface area contributed by atoms with Crippen LogP contribution < -0.4 is 4.90 Å². The van der Waals surface area contributed by atoms with Gasteiger partial charge in [0.1, 0.15) is 11.6 Å². The highest BCUT2D eigenvalue weighted by atomic mass is 16.2. The van der Waals surface area contributed by atoms with Gasteiger partial charge in [-0.15, -0.1) is 0 Å². The van der Waals surface area contributed by atoms with Crippen LogP contribution in [0.2, 0.25) is 0 Å². The Kier molecular flexibility index (Phi) is 6.62. The first-order valence-corrected chi connectivity index (χ1v) is 13.1. The zero-order valence-electron chi connectivity index (χ0n) is 21.3. The summed E-state index contributed by atoms with van der Waals surface area (Å²) in [5.74, 6) is 2.32. The zero-order valence-corrected chi connectivity index (χ0v) is 21.3. The molecule has 3 aliphatic rings. The molecule has 7 heteroatoms. The fourth-order valence-electron chi connectivity index (χ4n) is 5.11. The lowest BCUT2D eigenvalue weighted by atomic mass is 9.82. The quantitative estimate of drug-likeness (QED) is 0.441. The van der Waals surface area contributed by atoms with E-state index in [1.807, 2.05) is 12.1 Å². The SMILES string of the molecule is CC(C)(C)c1nc(C2CCC2)cc(N2CCN(CCCCN3C(=O)c4ccccc4C3=O)CC2)n1. The molecule has 2 aromatic rings. The van der Waals surface area contributed by atoms with Crippen LogP contribution in [0.25, 0.3) is 0 Å². The molecule has 186 valence electrons. The molecule has 0 radical (unpaired) electrons. The molecule has 0 unspecified atom stereocenters. The number of benzene rings is 1. The van der Waals surface area contributed by atoms with E-state index < -0.39 is 0 Å². The second-order valence-electron chi connectivity index (χ2n) is 11.2. The second-order valence-corrected chi connectivity index (χ2v) is 11.2. The van der Waals surface area contributed by atoms with Crippen molar-refractivity contribution in [2.24, 2.45) is 0 Å². The zero-order chi connectivity index (χ0) is 24.6. The van der Waals surface area contributed by atoms with Crippen molar-refractivity contribution in [2.75, 3.05) is 44.2 Å². The van der Waals surface area contributed by atoms with Gasteiger partial charge in [0.2, 0.25) is 0 Å². The summed E-state index contributed by atoms with van der Waals surface area (Å²) in [4.78, 5) is 41.3. The molecule has 0 N–H and O–H groups in total. The van der Waals surface area contributed by atoms with Crippen molar-refractivity contribution < 1.29 is 9.59 Å². The molecule has 2 fully saturated rings. The van der Waals surface area contributed by atoms with Gasteiger partial charge in [0.25, 0.3) is 11.8 Å². The highest BCUT2D eigenvalue weighted by Gasteiger charge is 2.34. The Morgan fingerprint density at radius 2 is 1.51 bits per heavy atom. The van der Waals surface area contributed by atoms with Crippen molar-refractivity contribution in [1.29, 1.82) is 0 Å². The minimum Gasteiger partial charge on any atom is -0.354 e. The van der Waals surface area contributed by atoms with Crippen LogP contribution in [0.1, 0.15) is 91.0 Å². The van der Waals surface area contributed by atoms with Crippen LogP contribution in [0.15, 0.2) is 30.3 Å². The van der Waals surface area contributed by atoms with Crippen molar-refractivity contribution in [1.82, 2.24) is 19.8 Å². The molecule has 7 nitrogen and oxygen atoms in total. The second kappa shape index (κ2) is 9.69. The highest BCUT2D eigenvalue weighted by Crippen LogP contribution is 2.37. The number of fused-ring (bicyclic) bond motifs is 1. The average Bonchev–Trinajstić information content (AvgIpc) is 3.05. The predicted molar refractivity (Wildman–Crippen MR) is 137 cm³/mol. The number of anilines is 1. The monoisotopic (exact) mass is 475 g/mol. The lowest BCUT2D eigenvalue weighted by Crippen LogP contribution is -2.47. The first-order chi connectivity index (χ1) is 16.8. The number of aromatic nitrogens is 2. The van der Waals surface area contributed by atoms with Crippen LogP contribution in [0, 0.1) is 0 Å². The van der Waals surface area contributed by atoms with E-state index in [4.69, 9.17) is 9.97 Å². The van der Waals surface area contributed by atoms with E-state index in [9.17, 15) is 9.59 Å². The van der Waals surface area contributed by atoms with Gasteiger partial charge in [-0.25, -0.2) is 9.97 Å². The third-order valence-corrected chi connectivity index (χ3v) is 7.61. The van der Waals surface area contributed by atoms with Crippen LogP contribution >= 0.6 is 0 Å². The topological polar surface area (TPSA) is 69.6 Å². The van der Waals surface area contributed by atoms with Crippen molar-refractivity contribution in [3.05, 3.63) is 53.0 Å². The molecule has 2 aliphatic heterocycles. The van der Waals surface area contributed by atoms with E-state index >= 15 is 0 Å². The number of imide groups is 1. The first kappa shape index (κ1) is 23.9. The summed E-state index contributed by atoms with van der Waals surface area (Å²) in [7, 11) is 0. The maximum absolute atomic E-state index is 12.5. The first-order valence-electron chi connectivity index (χ1n) is 13.1. The molecule has 0 bridgehead atoms. The van der Waals surface area contributed by atoms with Gasteiger partial charge >= 0.3 is 0 Å². The van der Waals surface area contributed by atoms with E-state index in [0.717, 1.165) is 57.2 Å². The Bertz CT molecular complexity index is 1060. The van der Waals surface area contributed by atoms with Gasteiger partial charge in [-0.05, 0) is 44.4 Å². The third kappa shape index (κ3) is 4.96. The van der Waals surface area contributed by atoms with Gasteiger partial charge in [-0.2, -0.15) is 0 Å². The fraction of sp³-hybridized carbons (Fsp3) is 0.571. The summed E-state index contributed by atoms with van der Waals surface area (Å²) in [6, 6.07) is 9.34. The number of unbranched alkanes of at least 4 members (excludes halogenated alkanes) is 1. The molecule has 1 aliphatic carbocycles. The Morgan fingerprint density at radius 3 is 2.09 bits per heavy atom. The smallest absolute Gasteiger partial charge is 0.261 e. The lowest BCUT2D eigenvalue weighted by molar-refractivity contribution is 0.0650. The highest BCUT2D eigenvalue weighted by molar-refractivity contribution is 6.21. The van der Waals surface area contributed by atoms with Gasteiger partial charge in [-0.3, -0.25) is 19.4 Å². The van der Waals surface area contributed by atoms with Gasteiger partial charge < -0.3 is 4.90 Å². The Labute approximate surface area is 208 Å². The standard InChI is InChI=1S/C28H37N5O2/c1-28(2,3)27-29-23(20-9-8-10-20)19-24(30-27)32-17-15-31(16-18-32)13-6-7-14-33-25(34)21-11-4-5-12-22(21)26(33)35/h4-5,11-12,19-20H,6-10,13-18H2,1-3H3. The lowest BCUT2D eigenvalue weighted by Gasteiger charge is -2.36. The van der Waals surface area contributed by atoms with Crippen LogP contribution in [0.5, 0.6) is 0 Å². The summed E-state index contributed by atoms with van der Waals surface area (Å²) in [5.41, 5.74) is 2.24. The molecule has 1 aromatic carbocycles. The molecule has 3 heterocycles. The number of nitrogens with zero attached hydrogens (tertiary/aromatic N) is 5. The molecule has 5 rings (SSSR count). The normalized spacial score (nSPS) is 19.3. The molecular weight excluding hydrogens is 438 g/mol. The maximum Gasteiger partial charge on any atom is 0.261 e. The summed E-state index contributed by atoms with van der Waals surface area (Å²) in [5, 5.41) is 0. The van der Waals surface area contributed by atoms with Gasteiger partial charge in [0.05, 0.1) is 11.1 Å². The van der Waals surface area contributed by atoms with Gasteiger partial charge in [0.15, 0.2) is 0 Å². The number of hydrogen-bond donors (Lipinski definition) is 0. The molecule has 35 heavy (non-hydrogen) atoms. The summed E-state index contributed by atoms with van der Waals surface area (Å²) >= 11 is 0. The Balaban J connectivity index is 1.11. The van der Waals surface area contributed by atoms with E-state index in [0.29, 0.717) is 23.6 Å². The van der Waals surface area contributed by atoms with E-state index in [-0.39, 0.29) is 17.2 Å². The molecule has 0 atom stereocenters. The Hall–Kier alpha value is -2.80. The minimum absolute atomic E-state index is 0.0597. The van der Waals surface area contributed by atoms with Crippen LogP contribution in [-0.2, 0) is 5.41 Å². The number of carbonyl (C=O) groups excluding carboxylic acids is 2. The maximum atomic E-state index is 12.5. The average molecular weight is 476 g/mol. The van der Waals surface area contributed by atoms with Crippen molar-refractivity contribution in [3.8, 4) is 0 Å². The fourth-order valence-corrected chi connectivity index (χ4v) is 5.11. The van der Waals surface area contributed by atoms with E-state index in [1.54, 1.807) is 12.1 Å². The molecule has 1 saturated carbocycles. The molecule has 0 spiro atoms. The number of piperazine rings is 1. The summed E-state index contributed by atoms with van der Waals surface area (Å²) < 4.78 is 0. The van der Waals surface area contributed by atoms with Crippen LogP contribution in [0.3, 0.4) is 0 Å². The van der Waals surface area contributed by atoms with Crippen molar-refractivity contribution in [2.45, 2.75) is 64.2 Å². The Morgan fingerprint density at radius 1 is 0.886 bits per heavy atom. The van der Waals surface area contributed by atoms with Crippen molar-refractivity contribution in [3.63, 3.8) is 0 Å². The number of amides is 2. The third-order valence-electron chi connectivity index (χ3n) is 7.61.